The molecule has 0 spiro atoms. The number of carbonyl (C=O) groups is 2. The van der Waals surface area contributed by atoms with Crippen LogP contribution in [0.15, 0.2) is 52.8 Å². The topological polar surface area (TPSA) is 113 Å². The van der Waals surface area contributed by atoms with Gasteiger partial charge in [-0.3, -0.25) is 14.6 Å². The quantitative estimate of drug-likeness (QED) is 0.390. The van der Waals surface area contributed by atoms with Crippen molar-refractivity contribution in [1.29, 1.82) is 0 Å². The van der Waals surface area contributed by atoms with Crippen LogP contribution in [-0.2, 0) is 0 Å². The van der Waals surface area contributed by atoms with E-state index in [0.29, 0.717) is 71.6 Å². The van der Waals surface area contributed by atoms with Gasteiger partial charge in [-0.25, -0.2) is 0 Å². The standard InChI is InChI=1S/C34H40N4O7/c1-19(2)38-26-15-31(29(43-6)13-24(26)33(40)37-18-21(4)11-27(37)34(38)41)45-9-7-8-44-30-14-25-23(12-28(30)42-5)32(39)36-17-20(3)10-22(36)16-35-25/h12-19,22,27,34,41H,7-11H2,1-6H3/t22-,27-,34-/m0/s1. The zero-order valence-corrected chi connectivity index (χ0v) is 26.6. The normalized spacial score (nSPS) is 21.9. The van der Waals surface area contributed by atoms with Gasteiger partial charge in [-0.15, -0.1) is 0 Å². The molecule has 0 aromatic heterocycles. The fourth-order valence-corrected chi connectivity index (χ4v) is 6.51. The Bertz CT molecular complexity index is 1610. The summed E-state index contributed by atoms with van der Waals surface area (Å²) in [7, 11) is 3.08. The monoisotopic (exact) mass is 616 g/mol. The minimum absolute atomic E-state index is 0.0741. The summed E-state index contributed by atoms with van der Waals surface area (Å²) in [6, 6.07) is 6.36. The molecule has 0 saturated carbocycles. The number of methoxy groups -OCH3 is 2. The second-order valence-electron chi connectivity index (χ2n) is 12.2. The minimum Gasteiger partial charge on any atom is -0.493 e. The molecule has 2 aromatic carbocycles. The van der Waals surface area contributed by atoms with Crippen molar-refractivity contribution in [2.75, 3.05) is 32.3 Å². The lowest BCUT2D eigenvalue weighted by molar-refractivity contribution is 0.0560. The Kier molecular flexibility index (Phi) is 8.22. The predicted octanol–water partition coefficient (Wildman–Crippen LogP) is 5.05. The van der Waals surface area contributed by atoms with Crippen LogP contribution < -0.4 is 23.8 Å². The first kappa shape index (κ1) is 30.5. The Morgan fingerprint density at radius 2 is 1.44 bits per heavy atom. The summed E-state index contributed by atoms with van der Waals surface area (Å²) in [5.41, 5.74) is 4.24. The van der Waals surface area contributed by atoms with Crippen LogP contribution in [0.25, 0.3) is 0 Å². The number of aliphatic hydroxyl groups is 1. The van der Waals surface area contributed by atoms with Gasteiger partial charge >= 0.3 is 0 Å². The van der Waals surface area contributed by atoms with E-state index in [9.17, 15) is 14.7 Å². The third-order valence-corrected chi connectivity index (χ3v) is 8.64. The molecule has 4 aliphatic rings. The molecule has 11 heteroatoms. The van der Waals surface area contributed by atoms with Crippen molar-refractivity contribution in [2.24, 2.45) is 4.99 Å². The zero-order valence-electron chi connectivity index (χ0n) is 26.6. The zero-order chi connectivity index (χ0) is 32.0. The summed E-state index contributed by atoms with van der Waals surface area (Å²) in [6.45, 7) is 8.57. The van der Waals surface area contributed by atoms with Crippen molar-refractivity contribution >= 4 is 29.4 Å². The molecule has 0 fully saturated rings. The number of aliphatic imine (C=N–C) groups is 1. The maximum atomic E-state index is 13.6. The van der Waals surface area contributed by atoms with Gasteiger partial charge in [-0.2, -0.15) is 0 Å². The third-order valence-electron chi connectivity index (χ3n) is 8.64. The summed E-state index contributed by atoms with van der Waals surface area (Å²) in [4.78, 5) is 36.7. The van der Waals surface area contributed by atoms with Crippen molar-refractivity contribution in [3.8, 4) is 23.0 Å². The van der Waals surface area contributed by atoms with E-state index in [4.69, 9.17) is 18.9 Å². The van der Waals surface area contributed by atoms with Crippen LogP contribution in [0.5, 0.6) is 23.0 Å². The maximum Gasteiger partial charge on any atom is 0.260 e. The molecule has 0 aliphatic carbocycles. The van der Waals surface area contributed by atoms with E-state index in [2.05, 4.69) is 4.99 Å². The van der Waals surface area contributed by atoms with Crippen LogP contribution in [0.1, 0.15) is 67.7 Å². The van der Waals surface area contributed by atoms with Gasteiger partial charge in [-0.05, 0) is 52.7 Å². The van der Waals surface area contributed by atoms with Crippen LogP contribution in [0.4, 0.5) is 11.4 Å². The van der Waals surface area contributed by atoms with Gasteiger partial charge in [0.1, 0.15) is 6.23 Å². The molecule has 4 aliphatic heterocycles. The number of hydrogen-bond acceptors (Lipinski definition) is 9. The molecular weight excluding hydrogens is 576 g/mol. The fraction of sp³-hybridized carbons (Fsp3) is 0.441. The van der Waals surface area contributed by atoms with Gasteiger partial charge < -0.3 is 38.8 Å². The highest BCUT2D eigenvalue weighted by Crippen LogP contribution is 2.43. The van der Waals surface area contributed by atoms with Crippen molar-refractivity contribution < 1.29 is 33.6 Å². The average Bonchev–Trinajstić information content (AvgIpc) is 3.55. The molecular formula is C34H40N4O7. The molecule has 4 heterocycles. The molecule has 6 rings (SSSR count). The molecule has 0 bridgehead atoms. The Morgan fingerprint density at radius 3 is 2.11 bits per heavy atom. The Labute approximate surface area is 263 Å². The van der Waals surface area contributed by atoms with Gasteiger partial charge in [0.15, 0.2) is 23.0 Å². The summed E-state index contributed by atoms with van der Waals surface area (Å²) < 4.78 is 23.4. The van der Waals surface area contributed by atoms with E-state index in [1.165, 1.54) is 7.11 Å². The number of carbonyl (C=O) groups excluding carboxylic acids is 2. The van der Waals surface area contributed by atoms with E-state index in [-0.39, 0.29) is 29.9 Å². The minimum atomic E-state index is -0.883. The lowest BCUT2D eigenvalue weighted by Gasteiger charge is -2.36. The van der Waals surface area contributed by atoms with Crippen LogP contribution in [-0.4, -0.2) is 84.7 Å². The van der Waals surface area contributed by atoms with Gasteiger partial charge in [0.25, 0.3) is 11.8 Å². The van der Waals surface area contributed by atoms with Crippen molar-refractivity contribution in [2.45, 2.75) is 71.3 Å². The first-order valence-electron chi connectivity index (χ1n) is 15.3. The molecule has 238 valence electrons. The Hall–Kier alpha value is -4.51. The number of rotatable bonds is 9. The number of nitrogens with zero attached hydrogens (tertiary/aromatic N) is 4. The van der Waals surface area contributed by atoms with Crippen LogP contribution in [0.2, 0.25) is 0 Å². The number of anilines is 1. The molecule has 11 nitrogen and oxygen atoms in total. The number of fused-ring (bicyclic) bond motifs is 4. The third kappa shape index (κ3) is 5.50. The van der Waals surface area contributed by atoms with E-state index in [1.54, 1.807) is 41.2 Å². The number of amides is 2. The van der Waals surface area contributed by atoms with E-state index >= 15 is 0 Å². The Balaban J connectivity index is 1.16. The van der Waals surface area contributed by atoms with Crippen LogP contribution in [0.3, 0.4) is 0 Å². The molecule has 2 aromatic rings. The highest BCUT2D eigenvalue weighted by molar-refractivity contribution is 6.04. The summed E-state index contributed by atoms with van der Waals surface area (Å²) in [5.74, 6) is 1.54. The van der Waals surface area contributed by atoms with Gasteiger partial charge in [-0.1, -0.05) is 11.1 Å². The molecule has 0 radical (unpaired) electrons. The molecule has 45 heavy (non-hydrogen) atoms. The van der Waals surface area contributed by atoms with Crippen LogP contribution in [0, 0.1) is 0 Å². The molecule has 1 N–H and O–H groups in total. The van der Waals surface area contributed by atoms with Gasteiger partial charge in [0.2, 0.25) is 0 Å². The highest BCUT2D eigenvalue weighted by atomic mass is 16.5. The van der Waals surface area contributed by atoms with Crippen molar-refractivity contribution in [1.82, 2.24) is 9.80 Å². The lowest BCUT2D eigenvalue weighted by atomic mass is 10.1. The lowest BCUT2D eigenvalue weighted by Crippen LogP contribution is -2.50. The van der Waals surface area contributed by atoms with Crippen molar-refractivity contribution in [3.05, 3.63) is 58.9 Å². The molecule has 3 atom stereocenters. The smallest absolute Gasteiger partial charge is 0.260 e. The van der Waals surface area contributed by atoms with E-state index < -0.39 is 6.23 Å². The number of benzene rings is 2. The second-order valence-corrected chi connectivity index (χ2v) is 12.2. The van der Waals surface area contributed by atoms with Gasteiger partial charge in [0.05, 0.1) is 62.0 Å². The molecule has 2 amide bonds. The second kappa shape index (κ2) is 12.1. The Morgan fingerprint density at radius 1 is 0.844 bits per heavy atom. The number of hydrogen-bond donors (Lipinski definition) is 1. The summed E-state index contributed by atoms with van der Waals surface area (Å²) >= 11 is 0. The summed E-state index contributed by atoms with van der Waals surface area (Å²) in [6.07, 6.45) is 6.53. The SMILES string of the molecule is COc1cc2c(cc1OCCCOc1cc3c(cc1OC)C(=O)N1C=C(C)C[C@H]1[C@H](O)N3C(C)C)N=C[C@@H]1CC(C)=CN1C2=O. The van der Waals surface area contributed by atoms with E-state index in [1.807, 2.05) is 51.2 Å². The largest absolute Gasteiger partial charge is 0.493 e. The maximum absolute atomic E-state index is 13.6. The highest BCUT2D eigenvalue weighted by Gasteiger charge is 2.43. The number of aliphatic hydroxyl groups excluding tert-OH is 1. The molecule has 0 saturated heterocycles. The van der Waals surface area contributed by atoms with Crippen molar-refractivity contribution in [3.63, 3.8) is 0 Å². The van der Waals surface area contributed by atoms with Crippen LogP contribution >= 0.6 is 0 Å². The van der Waals surface area contributed by atoms with E-state index in [0.717, 1.165) is 17.6 Å². The fourth-order valence-electron chi connectivity index (χ4n) is 6.51. The first-order valence-corrected chi connectivity index (χ1v) is 15.3. The first-order chi connectivity index (χ1) is 21.6. The average molecular weight is 617 g/mol. The summed E-state index contributed by atoms with van der Waals surface area (Å²) in [5, 5.41) is 11.4. The van der Waals surface area contributed by atoms with Gasteiger partial charge in [0, 0.05) is 43.2 Å². The predicted molar refractivity (Wildman–Crippen MR) is 170 cm³/mol. The number of ether oxygens (including phenoxy) is 4. The molecule has 0 unspecified atom stereocenters.